The first-order valence-electron chi connectivity index (χ1n) is 6.21. The molecular weight excluding hydrogens is 314 g/mol. The van der Waals surface area contributed by atoms with Crippen LogP contribution in [0.25, 0.3) is 11.0 Å². The van der Waals surface area contributed by atoms with Crippen molar-refractivity contribution in [3.8, 4) is 0 Å². The second kappa shape index (κ2) is 6.28. The number of amides is 1. The van der Waals surface area contributed by atoms with Crippen LogP contribution >= 0.6 is 22.9 Å². The van der Waals surface area contributed by atoms with E-state index in [1.807, 2.05) is 5.38 Å². The van der Waals surface area contributed by atoms with Crippen LogP contribution in [0.15, 0.2) is 17.7 Å². The summed E-state index contributed by atoms with van der Waals surface area (Å²) in [6.07, 6.45) is 4.67. The summed E-state index contributed by atoms with van der Waals surface area (Å²) in [5.41, 5.74) is 0.597. The van der Waals surface area contributed by atoms with E-state index >= 15 is 0 Å². The molecule has 8 heteroatoms. The van der Waals surface area contributed by atoms with E-state index in [-0.39, 0.29) is 18.5 Å². The largest absolute Gasteiger partial charge is 0.480 e. The molecule has 21 heavy (non-hydrogen) atoms. The van der Waals surface area contributed by atoms with Crippen molar-refractivity contribution >= 4 is 45.9 Å². The summed E-state index contributed by atoms with van der Waals surface area (Å²) in [5, 5.41) is 11.0. The van der Waals surface area contributed by atoms with Gasteiger partial charge in [0.2, 0.25) is 5.91 Å². The quantitative estimate of drug-likeness (QED) is 0.856. The van der Waals surface area contributed by atoms with Crippen molar-refractivity contribution in [2.75, 3.05) is 6.54 Å². The predicted molar refractivity (Wildman–Crippen MR) is 81.6 cm³/mol. The van der Waals surface area contributed by atoms with E-state index in [4.69, 9.17) is 16.7 Å². The van der Waals surface area contributed by atoms with Crippen LogP contribution in [-0.4, -0.2) is 43.9 Å². The van der Waals surface area contributed by atoms with E-state index in [0.29, 0.717) is 10.8 Å². The van der Waals surface area contributed by atoms with Gasteiger partial charge in [-0.3, -0.25) is 14.0 Å². The third-order valence-electron chi connectivity index (χ3n) is 2.85. The lowest BCUT2D eigenvalue weighted by molar-refractivity contribution is -0.143. The summed E-state index contributed by atoms with van der Waals surface area (Å²) in [6, 6.07) is -0.208. The van der Waals surface area contributed by atoms with Crippen molar-refractivity contribution in [1.29, 1.82) is 0 Å². The van der Waals surface area contributed by atoms with Crippen molar-refractivity contribution < 1.29 is 14.7 Å². The zero-order valence-corrected chi connectivity index (χ0v) is 13.1. The highest BCUT2D eigenvalue weighted by Gasteiger charge is 2.18. The molecule has 0 bridgehead atoms. The fourth-order valence-electron chi connectivity index (χ4n) is 1.83. The van der Waals surface area contributed by atoms with Gasteiger partial charge in [0.15, 0.2) is 10.1 Å². The molecule has 2 heterocycles. The highest BCUT2D eigenvalue weighted by molar-refractivity contribution is 7.15. The molecule has 0 spiro atoms. The van der Waals surface area contributed by atoms with Gasteiger partial charge >= 0.3 is 5.97 Å². The van der Waals surface area contributed by atoms with Gasteiger partial charge in [-0.05, 0) is 19.9 Å². The predicted octanol–water partition coefficient (Wildman–Crippen LogP) is 2.38. The molecule has 1 amide bonds. The molecule has 112 valence electrons. The summed E-state index contributed by atoms with van der Waals surface area (Å²) in [5.74, 6) is -1.43. The molecule has 0 atom stereocenters. The summed E-state index contributed by atoms with van der Waals surface area (Å²) in [6.45, 7) is 3.18. The Hall–Kier alpha value is -1.86. The molecule has 2 rings (SSSR count). The van der Waals surface area contributed by atoms with Crippen LogP contribution in [0.2, 0.25) is 5.15 Å². The average molecular weight is 328 g/mol. The number of thiazole rings is 1. The van der Waals surface area contributed by atoms with Gasteiger partial charge in [0, 0.05) is 23.7 Å². The third-order valence-corrected chi connectivity index (χ3v) is 3.88. The first kappa shape index (κ1) is 15.5. The number of hydrogen-bond donors (Lipinski definition) is 1. The summed E-state index contributed by atoms with van der Waals surface area (Å²) in [7, 11) is 0. The minimum atomic E-state index is -1.05. The monoisotopic (exact) mass is 327 g/mol. The number of imidazole rings is 1. The highest BCUT2D eigenvalue weighted by Crippen LogP contribution is 2.22. The number of fused-ring (bicyclic) bond motifs is 1. The number of carboxylic acid groups (broad SMARTS) is 1. The Labute approximate surface area is 130 Å². The molecule has 0 aromatic carbocycles. The minimum Gasteiger partial charge on any atom is -0.480 e. The molecule has 0 fully saturated rings. The maximum Gasteiger partial charge on any atom is 0.323 e. The lowest BCUT2D eigenvalue weighted by Gasteiger charge is -2.23. The van der Waals surface area contributed by atoms with E-state index < -0.39 is 5.97 Å². The van der Waals surface area contributed by atoms with E-state index in [2.05, 4.69) is 4.98 Å². The summed E-state index contributed by atoms with van der Waals surface area (Å²) >= 11 is 7.46. The van der Waals surface area contributed by atoms with Gasteiger partial charge in [-0.15, -0.1) is 11.3 Å². The molecule has 0 aliphatic carbocycles. The first-order chi connectivity index (χ1) is 9.90. The molecule has 1 N–H and O–H groups in total. The molecule has 0 unspecified atom stereocenters. The van der Waals surface area contributed by atoms with Crippen molar-refractivity contribution in [1.82, 2.24) is 14.3 Å². The van der Waals surface area contributed by atoms with Gasteiger partial charge in [-0.1, -0.05) is 11.6 Å². The number of rotatable bonds is 5. The van der Waals surface area contributed by atoms with Gasteiger partial charge in [0.25, 0.3) is 0 Å². The van der Waals surface area contributed by atoms with Crippen LogP contribution in [0.3, 0.4) is 0 Å². The normalized spacial score (nSPS) is 11.6. The lowest BCUT2D eigenvalue weighted by Crippen LogP contribution is -2.39. The van der Waals surface area contributed by atoms with Crippen molar-refractivity contribution in [3.63, 3.8) is 0 Å². The van der Waals surface area contributed by atoms with Crippen LogP contribution in [0.4, 0.5) is 0 Å². The van der Waals surface area contributed by atoms with Gasteiger partial charge in [0.1, 0.15) is 6.54 Å². The Kier molecular flexibility index (Phi) is 4.64. The standard InChI is InChI=1S/C13H14ClN3O3S/c1-8(2)17(7-11(19)20)10(18)4-3-9-12(14)15-13-16(9)5-6-21-13/h3-6,8H,7H2,1-2H3,(H,19,20)/b4-3+. The van der Waals surface area contributed by atoms with Gasteiger partial charge in [-0.25, -0.2) is 4.98 Å². The molecule has 2 aromatic heterocycles. The average Bonchev–Trinajstić information content (AvgIpc) is 2.93. The fourth-order valence-corrected chi connectivity index (χ4v) is 2.84. The molecule has 6 nitrogen and oxygen atoms in total. The lowest BCUT2D eigenvalue weighted by atomic mass is 10.3. The van der Waals surface area contributed by atoms with Crippen LogP contribution in [0, 0.1) is 0 Å². The van der Waals surface area contributed by atoms with Crippen molar-refractivity contribution in [2.45, 2.75) is 19.9 Å². The number of halogens is 1. The highest BCUT2D eigenvalue weighted by atomic mass is 35.5. The molecular formula is C13H14ClN3O3S. The third kappa shape index (κ3) is 3.43. The Morgan fingerprint density at radius 1 is 1.57 bits per heavy atom. The van der Waals surface area contributed by atoms with E-state index in [9.17, 15) is 9.59 Å². The smallest absolute Gasteiger partial charge is 0.323 e. The topological polar surface area (TPSA) is 74.9 Å². The van der Waals surface area contributed by atoms with Crippen molar-refractivity contribution in [3.05, 3.63) is 28.5 Å². The van der Waals surface area contributed by atoms with Crippen LogP contribution < -0.4 is 0 Å². The van der Waals surface area contributed by atoms with Crippen LogP contribution in [-0.2, 0) is 9.59 Å². The zero-order chi connectivity index (χ0) is 15.6. The van der Waals surface area contributed by atoms with Crippen LogP contribution in [0.1, 0.15) is 19.5 Å². The number of aromatic nitrogens is 2. The fraction of sp³-hybridized carbons (Fsp3) is 0.308. The number of carbonyl (C=O) groups excluding carboxylic acids is 1. The second-order valence-electron chi connectivity index (χ2n) is 4.63. The van der Waals surface area contributed by atoms with E-state index in [0.717, 1.165) is 4.96 Å². The van der Waals surface area contributed by atoms with Gasteiger partial charge < -0.3 is 10.0 Å². The maximum atomic E-state index is 12.1. The molecule has 0 aliphatic rings. The minimum absolute atomic E-state index is 0.208. The zero-order valence-electron chi connectivity index (χ0n) is 11.5. The van der Waals surface area contributed by atoms with Gasteiger partial charge in [0.05, 0.1) is 5.69 Å². The molecule has 0 saturated heterocycles. The Morgan fingerprint density at radius 2 is 2.29 bits per heavy atom. The van der Waals surface area contributed by atoms with Crippen LogP contribution in [0.5, 0.6) is 0 Å². The Bertz CT molecular complexity index is 705. The Balaban J connectivity index is 2.22. The van der Waals surface area contributed by atoms with Crippen molar-refractivity contribution in [2.24, 2.45) is 0 Å². The first-order valence-corrected chi connectivity index (χ1v) is 7.47. The second-order valence-corrected chi connectivity index (χ2v) is 5.86. The number of nitrogens with zero attached hydrogens (tertiary/aromatic N) is 3. The SMILES string of the molecule is CC(C)N(CC(=O)O)C(=O)/C=C/c1c(Cl)nc2sccn12. The van der Waals surface area contributed by atoms with E-state index in [1.54, 1.807) is 30.5 Å². The Morgan fingerprint density at radius 3 is 2.90 bits per heavy atom. The number of carboxylic acids is 1. The maximum absolute atomic E-state index is 12.1. The number of hydrogen-bond acceptors (Lipinski definition) is 4. The summed E-state index contributed by atoms with van der Waals surface area (Å²) in [4.78, 5) is 29.1. The number of aliphatic carboxylic acids is 1. The molecule has 2 aromatic rings. The van der Waals surface area contributed by atoms with E-state index in [1.165, 1.54) is 22.3 Å². The molecule has 0 aliphatic heterocycles. The molecule has 0 saturated carbocycles. The number of carbonyl (C=O) groups is 2. The summed E-state index contributed by atoms with van der Waals surface area (Å²) < 4.78 is 1.77. The van der Waals surface area contributed by atoms with Gasteiger partial charge in [-0.2, -0.15) is 0 Å². The molecule has 0 radical (unpaired) electrons.